The molecule has 1 amide bonds. The number of carbonyl (C=O) groups excluding carboxylic acids is 2. The first-order chi connectivity index (χ1) is 11.7. The highest BCUT2D eigenvalue weighted by Gasteiger charge is 2.24. The Hall–Kier alpha value is -1.54. The van der Waals surface area contributed by atoms with E-state index in [0.29, 0.717) is 31.0 Å². The molecular weight excluding hydrogens is 381 g/mol. The molecule has 7 nitrogen and oxygen atoms in total. The maximum atomic E-state index is 12.3. The number of hydrogen-bond donors (Lipinski definition) is 2. The number of ether oxygens (including phenoxy) is 2. The molecule has 0 aliphatic carbocycles. The van der Waals surface area contributed by atoms with E-state index in [1.165, 1.54) is 7.11 Å². The quantitative estimate of drug-likeness (QED) is 0.742. The Bertz CT molecular complexity index is 618. The van der Waals surface area contributed by atoms with Crippen molar-refractivity contribution in [1.82, 2.24) is 5.32 Å². The van der Waals surface area contributed by atoms with Crippen LogP contribution in [0.15, 0.2) is 18.2 Å². The molecule has 0 bridgehead atoms. The summed E-state index contributed by atoms with van der Waals surface area (Å²) in [5.41, 5.74) is 1.80. The van der Waals surface area contributed by atoms with Crippen molar-refractivity contribution >= 4 is 48.1 Å². The SMILES string of the molecule is COC(=O)c1cc(N2CCOCC2)ccc1NC(=O)C1CCNC1.Cl.Cl. The lowest BCUT2D eigenvalue weighted by molar-refractivity contribution is -0.119. The van der Waals surface area contributed by atoms with E-state index in [4.69, 9.17) is 9.47 Å². The molecule has 26 heavy (non-hydrogen) atoms. The highest BCUT2D eigenvalue weighted by molar-refractivity contribution is 6.02. The second-order valence-corrected chi connectivity index (χ2v) is 6.00. The summed E-state index contributed by atoms with van der Waals surface area (Å²) < 4.78 is 10.2. The number of nitrogens with zero attached hydrogens (tertiary/aromatic N) is 1. The van der Waals surface area contributed by atoms with E-state index in [-0.39, 0.29) is 36.6 Å². The van der Waals surface area contributed by atoms with Gasteiger partial charge in [-0.25, -0.2) is 4.79 Å². The summed E-state index contributed by atoms with van der Waals surface area (Å²) >= 11 is 0. The number of benzene rings is 1. The summed E-state index contributed by atoms with van der Waals surface area (Å²) in [6, 6.07) is 5.47. The van der Waals surface area contributed by atoms with Crippen molar-refractivity contribution in [2.45, 2.75) is 6.42 Å². The van der Waals surface area contributed by atoms with Gasteiger partial charge in [-0.1, -0.05) is 0 Å². The molecule has 2 aliphatic heterocycles. The normalized spacial score (nSPS) is 19.1. The number of rotatable bonds is 4. The molecule has 1 atom stereocenters. The van der Waals surface area contributed by atoms with Crippen molar-refractivity contribution < 1.29 is 19.1 Å². The minimum Gasteiger partial charge on any atom is -0.465 e. The molecule has 1 aromatic rings. The summed E-state index contributed by atoms with van der Waals surface area (Å²) in [6.07, 6.45) is 0.811. The number of halogens is 2. The van der Waals surface area contributed by atoms with E-state index >= 15 is 0 Å². The zero-order valence-corrected chi connectivity index (χ0v) is 16.3. The van der Waals surface area contributed by atoms with Gasteiger partial charge in [0, 0.05) is 25.3 Å². The van der Waals surface area contributed by atoms with E-state index in [0.717, 1.165) is 31.7 Å². The zero-order valence-electron chi connectivity index (χ0n) is 14.7. The van der Waals surface area contributed by atoms with Crippen LogP contribution in [-0.4, -0.2) is 58.4 Å². The summed E-state index contributed by atoms with van der Waals surface area (Å²) in [7, 11) is 1.34. The first-order valence-electron chi connectivity index (χ1n) is 8.25. The smallest absolute Gasteiger partial charge is 0.340 e. The lowest BCUT2D eigenvalue weighted by Crippen LogP contribution is -2.36. The summed E-state index contributed by atoms with van der Waals surface area (Å²) in [4.78, 5) is 26.6. The molecule has 1 unspecified atom stereocenters. The first kappa shape index (κ1) is 22.5. The lowest BCUT2D eigenvalue weighted by Gasteiger charge is -2.29. The first-order valence-corrected chi connectivity index (χ1v) is 8.25. The van der Waals surface area contributed by atoms with Crippen LogP contribution in [0.25, 0.3) is 0 Å². The number of methoxy groups -OCH3 is 1. The molecule has 0 saturated carbocycles. The minimum absolute atomic E-state index is 0. The molecule has 9 heteroatoms. The van der Waals surface area contributed by atoms with Gasteiger partial charge in [0.2, 0.25) is 5.91 Å². The standard InChI is InChI=1S/C17H23N3O4.2ClH/c1-23-17(22)14-10-13(20-6-8-24-9-7-20)2-3-15(14)19-16(21)12-4-5-18-11-12;;/h2-3,10,12,18H,4-9,11H2,1H3,(H,19,21);2*1H. The van der Waals surface area contributed by atoms with Crippen molar-refractivity contribution in [3.63, 3.8) is 0 Å². The summed E-state index contributed by atoms with van der Waals surface area (Å²) in [5.74, 6) is -0.580. The van der Waals surface area contributed by atoms with Gasteiger partial charge in [0.25, 0.3) is 0 Å². The van der Waals surface area contributed by atoms with Crippen LogP contribution < -0.4 is 15.5 Å². The Morgan fingerprint density at radius 1 is 1.27 bits per heavy atom. The van der Waals surface area contributed by atoms with Gasteiger partial charge in [0.15, 0.2) is 0 Å². The molecule has 0 spiro atoms. The van der Waals surface area contributed by atoms with E-state index < -0.39 is 5.97 Å². The third-order valence-electron chi connectivity index (χ3n) is 4.47. The van der Waals surface area contributed by atoms with Gasteiger partial charge in [-0.3, -0.25) is 4.79 Å². The topological polar surface area (TPSA) is 79.9 Å². The zero-order chi connectivity index (χ0) is 16.9. The van der Waals surface area contributed by atoms with E-state index in [2.05, 4.69) is 15.5 Å². The Labute approximate surface area is 165 Å². The fraction of sp³-hybridized carbons (Fsp3) is 0.529. The molecule has 2 aliphatic rings. The second-order valence-electron chi connectivity index (χ2n) is 6.00. The van der Waals surface area contributed by atoms with Crippen molar-refractivity contribution in [3.8, 4) is 0 Å². The number of esters is 1. The van der Waals surface area contributed by atoms with Crippen LogP contribution in [0.4, 0.5) is 11.4 Å². The average Bonchev–Trinajstić information content (AvgIpc) is 3.17. The molecule has 2 heterocycles. The largest absolute Gasteiger partial charge is 0.465 e. The van der Waals surface area contributed by atoms with Crippen LogP contribution in [-0.2, 0) is 14.3 Å². The van der Waals surface area contributed by atoms with Crippen LogP contribution in [0.2, 0.25) is 0 Å². The Morgan fingerprint density at radius 3 is 2.62 bits per heavy atom. The number of anilines is 2. The van der Waals surface area contributed by atoms with Gasteiger partial charge in [-0.2, -0.15) is 0 Å². The van der Waals surface area contributed by atoms with Crippen LogP contribution in [0.1, 0.15) is 16.8 Å². The van der Waals surface area contributed by atoms with Gasteiger partial charge in [0.1, 0.15) is 0 Å². The predicted octanol–water partition coefficient (Wildman–Crippen LogP) is 1.70. The molecule has 2 saturated heterocycles. The number of amides is 1. The summed E-state index contributed by atoms with van der Waals surface area (Å²) in [6.45, 7) is 4.41. The van der Waals surface area contributed by atoms with Gasteiger partial charge in [-0.15, -0.1) is 24.8 Å². The Kier molecular flexibility index (Phi) is 9.15. The van der Waals surface area contributed by atoms with Crippen LogP contribution in [0.3, 0.4) is 0 Å². The van der Waals surface area contributed by atoms with Crippen molar-refractivity contribution in [2.24, 2.45) is 5.92 Å². The van der Waals surface area contributed by atoms with E-state index in [1.807, 2.05) is 6.07 Å². The van der Waals surface area contributed by atoms with Crippen LogP contribution in [0.5, 0.6) is 0 Å². The van der Waals surface area contributed by atoms with Crippen molar-refractivity contribution in [3.05, 3.63) is 23.8 Å². The third kappa shape index (κ3) is 5.23. The molecule has 0 radical (unpaired) electrons. The number of morpholine rings is 1. The molecule has 0 aromatic heterocycles. The predicted molar refractivity (Wildman–Crippen MR) is 105 cm³/mol. The summed E-state index contributed by atoms with van der Waals surface area (Å²) in [5, 5.41) is 6.04. The Morgan fingerprint density at radius 2 is 2.00 bits per heavy atom. The monoisotopic (exact) mass is 405 g/mol. The minimum atomic E-state index is -0.454. The van der Waals surface area contributed by atoms with Crippen LogP contribution in [0, 0.1) is 5.92 Å². The Balaban J connectivity index is 0.00000169. The third-order valence-corrected chi connectivity index (χ3v) is 4.47. The molecule has 2 fully saturated rings. The highest BCUT2D eigenvalue weighted by atomic mass is 35.5. The van der Waals surface area contributed by atoms with Crippen molar-refractivity contribution in [1.29, 1.82) is 0 Å². The number of nitrogens with one attached hydrogen (secondary N) is 2. The second kappa shape index (κ2) is 10.6. The fourth-order valence-electron chi connectivity index (χ4n) is 3.05. The molecule has 1 aromatic carbocycles. The average molecular weight is 406 g/mol. The fourth-order valence-corrected chi connectivity index (χ4v) is 3.05. The highest BCUT2D eigenvalue weighted by Crippen LogP contribution is 2.26. The van der Waals surface area contributed by atoms with Gasteiger partial charge >= 0.3 is 5.97 Å². The van der Waals surface area contributed by atoms with Crippen LogP contribution >= 0.6 is 24.8 Å². The van der Waals surface area contributed by atoms with Gasteiger partial charge in [-0.05, 0) is 31.2 Å². The lowest BCUT2D eigenvalue weighted by atomic mass is 10.1. The molecule has 146 valence electrons. The van der Waals surface area contributed by atoms with E-state index in [1.54, 1.807) is 12.1 Å². The molecular formula is C17H25Cl2N3O4. The van der Waals surface area contributed by atoms with Crippen molar-refractivity contribution in [2.75, 3.05) is 56.7 Å². The molecule has 2 N–H and O–H groups in total. The van der Waals surface area contributed by atoms with Gasteiger partial charge in [0.05, 0.1) is 37.5 Å². The number of hydrogen-bond acceptors (Lipinski definition) is 6. The number of carbonyl (C=O) groups is 2. The maximum absolute atomic E-state index is 12.3. The maximum Gasteiger partial charge on any atom is 0.340 e. The molecule has 3 rings (SSSR count). The van der Waals surface area contributed by atoms with E-state index in [9.17, 15) is 9.59 Å². The van der Waals surface area contributed by atoms with Gasteiger partial charge < -0.3 is 25.0 Å².